The van der Waals surface area contributed by atoms with Crippen molar-refractivity contribution in [3.63, 3.8) is 0 Å². The summed E-state index contributed by atoms with van der Waals surface area (Å²) in [5.74, 6) is 4.23. The van der Waals surface area contributed by atoms with Gasteiger partial charge in [-0.15, -0.1) is 11.8 Å². The van der Waals surface area contributed by atoms with E-state index in [0.29, 0.717) is 6.04 Å². The van der Waals surface area contributed by atoms with Crippen molar-refractivity contribution < 1.29 is 9.53 Å². The number of hydrogen-bond donors (Lipinski definition) is 1. The number of carbonyl (C=O) groups is 1. The fourth-order valence-electron chi connectivity index (χ4n) is 5.45. The van der Waals surface area contributed by atoms with E-state index in [1.54, 1.807) is 11.8 Å². The van der Waals surface area contributed by atoms with Crippen LogP contribution < -0.4 is 10.1 Å². The molecule has 0 saturated heterocycles. The van der Waals surface area contributed by atoms with Crippen molar-refractivity contribution in [3.05, 3.63) is 24.3 Å². The SMILES string of the molecule is CSc1ccc(O[C@H](C)C(=O)N[C@@H]2C[C@H]3C[C@H]2[C@@H]2CCC[C@@H]32)cc1. The van der Waals surface area contributed by atoms with E-state index < -0.39 is 6.10 Å². The maximum atomic E-state index is 12.6. The number of carbonyl (C=O) groups excluding carboxylic acids is 1. The zero-order valence-electron chi connectivity index (χ0n) is 14.5. The number of fused-ring (bicyclic) bond motifs is 5. The highest BCUT2D eigenvalue weighted by molar-refractivity contribution is 7.98. The summed E-state index contributed by atoms with van der Waals surface area (Å²) in [7, 11) is 0. The van der Waals surface area contributed by atoms with Gasteiger partial charge in [-0.1, -0.05) is 6.42 Å². The minimum absolute atomic E-state index is 0.0380. The van der Waals surface area contributed by atoms with Crippen molar-refractivity contribution in [2.75, 3.05) is 6.26 Å². The van der Waals surface area contributed by atoms with E-state index in [4.69, 9.17) is 4.74 Å². The molecule has 3 aliphatic carbocycles. The van der Waals surface area contributed by atoms with Gasteiger partial charge in [0.15, 0.2) is 6.10 Å². The number of thioether (sulfide) groups is 1. The minimum Gasteiger partial charge on any atom is -0.481 e. The molecule has 0 aromatic heterocycles. The smallest absolute Gasteiger partial charge is 0.261 e. The topological polar surface area (TPSA) is 38.3 Å². The van der Waals surface area contributed by atoms with Crippen LogP contribution in [0.1, 0.15) is 39.0 Å². The third-order valence-corrected chi connectivity index (χ3v) is 7.24. The van der Waals surface area contributed by atoms with Gasteiger partial charge in [0.2, 0.25) is 0 Å². The third-order valence-electron chi connectivity index (χ3n) is 6.50. The molecule has 4 heteroatoms. The Morgan fingerprint density at radius 2 is 1.92 bits per heavy atom. The molecular formula is C20H27NO2S. The van der Waals surface area contributed by atoms with Gasteiger partial charge in [-0.3, -0.25) is 4.79 Å². The van der Waals surface area contributed by atoms with E-state index in [0.717, 1.165) is 29.4 Å². The van der Waals surface area contributed by atoms with Gasteiger partial charge in [-0.05, 0) is 86.8 Å². The average Bonchev–Trinajstić information content (AvgIpc) is 3.28. The Labute approximate surface area is 148 Å². The van der Waals surface area contributed by atoms with Crippen LogP contribution in [0.3, 0.4) is 0 Å². The maximum Gasteiger partial charge on any atom is 0.261 e. The highest BCUT2D eigenvalue weighted by atomic mass is 32.2. The van der Waals surface area contributed by atoms with E-state index in [2.05, 4.69) is 11.6 Å². The molecule has 3 saturated carbocycles. The fraction of sp³-hybridized carbons (Fsp3) is 0.650. The molecule has 3 fully saturated rings. The first kappa shape index (κ1) is 16.3. The third kappa shape index (κ3) is 2.94. The monoisotopic (exact) mass is 345 g/mol. The molecule has 1 amide bonds. The molecule has 6 atom stereocenters. The average molecular weight is 346 g/mol. The summed E-state index contributed by atoms with van der Waals surface area (Å²) < 4.78 is 5.83. The molecule has 0 unspecified atom stereocenters. The molecule has 1 aromatic carbocycles. The number of ether oxygens (including phenoxy) is 1. The molecular weight excluding hydrogens is 318 g/mol. The van der Waals surface area contributed by atoms with Gasteiger partial charge in [0.05, 0.1) is 0 Å². The molecule has 3 nitrogen and oxygen atoms in total. The normalized spacial score (nSPS) is 34.8. The molecule has 1 N–H and O–H groups in total. The summed E-state index contributed by atoms with van der Waals surface area (Å²) >= 11 is 1.70. The van der Waals surface area contributed by atoms with Crippen LogP contribution in [0.25, 0.3) is 0 Å². The Bertz CT molecular complexity index is 602. The van der Waals surface area contributed by atoms with Gasteiger partial charge in [0.25, 0.3) is 5.91 Å². The molecule has 0 aliphatic heterocycles. The molecule has 4 rings (SSSR count). The van der Waals surface area contributed by atoms with Crippen LogP contribution in [0.5, 0.6) is 5.75 Å². The largest absolute Gasteiger partial charge is 0.481 e. The quantitative estimate of drug-likeness (QED) is 0.816. The number of benzene rings is 1. The Kier molecular flexibility index (Phi) is 4.50. The van der Waals surface area contributed by atoms with E-state index in [-0.39, 0.29) is 5.91 Å². The summed E-state index contributed by atoms with van der Waals surface area (Å²) in [6.45, 7) is 1.85. The first-order valence-electron chi connectivity index (χ1n) is 9.27. The number of amides is 1. The van der Waals surface area contributed by atoms with Gasteiger partial charge in [-0.25, -0.2) is 0 Å². The van der Waals surface area contributed by atoms with E-state index in [1.807, 2.05) is 31.2 Å². The highest BCUT2D eigenvalue weighted by Crippen LogP contribution is 2.58. The second kappa shape index (κ2) is 6.62. The number of nitrogens with one attached hydrogen (secondary N) is 1. The maximum absolute atomic E-state index is 12.6. The predicted octanol–water partition coefficient (Wildman–Crippen LogP) is 4.12. The first-order chi connectivity index (χ1) is 11.7. The second-order valence-electron chi connectivity index (χ2n) is 7.70. The van der Waals surface area contributed by atoms with Crippen LogP contribution in [0.15, 0.2) is 29.2 Å². The highest BCUT2D eigenvalue weighted by Gasteiger charge is 2.54. The lowest BCUT2D eigenvalue weighted by Crippen LogP contribution is -2.47. The minimum atomic E-state index is -0.441. The molecule has 0 heterocycles. The van der Waals surface area contributed by atoms with Gasteiger partial charge in [0, 0.05) is 10.9 Å². The molecule has 3 aliphatic rings. The Morgan fingerprint density at radius 3 is 2.67 bits per heavy atom. The summed E-state index contributed by atoms with van der Waals surface area (Å²) in [5.41, 5.74) is 0. The molecule has 2 bridgehead atoms. The van der Waals surface area contributed by atoms with Crippen LogP contribution in [0, 0.1) is 23.7 Å². The first-order valence-corrected chi connectivity index (χ1v) is 10.5. The summed E-state index contributed by atoms with van der Waals surface area (Å²) in [5, 5.41) is 3.30. The zero-order valence-corrected chi connectivity index (χ0v) is 15.4. The lowest BCUT2D eigenvalue weighted by molar-refractivity contribution is -0.128. The van der Waals surface area contributed by atoms with Crippen LogP contribution >= 0.6 is 11.8 Å². The molecule has 130 valence electrons. The van der Waals surface area contributed by atoms with Crippen LogP contribution in [0.4, 0.5) is 0 Å². The lowest BCUT2D eigenvalue weighted by atomic mass is 9.79. The van der Waals surface area contributed by atoms with Crippen molar-refractivity contribution in [3.8, 4) is 5.75 Å². The summed E-state index contributed by atoms with van der Waals surface area (Å²) in [6.07, 6.45) is 8.34. The van der Waals surface area contributed by atoms with Gasteiger partial charge in [-0.2, -0.15) is 0 Å². The van der Waals surface area contributed by atoms with Crippen LogP contribution in [-0.4, -0.2) is 24.3 Å². The summed E-state index contributed by atoms with van der Waals surface area (Å²) in [4.78, 5) is 13.8. The zero-order chi connectivity index (χ0) is 16.7. The molecule has 24 heavy (non-hydrogen) atoms. The van der Waals surface area contributed by atoms with Crippen molar-refractivity contribution in [2.24, 2.45) is 23.7 Å². The predicted molar refractivity (Wildman–Crippen MR) is 97.3 cm³/mol. The van der Waals surface area contributed by atoms with Crippen LogP contribution in [0.2, 0.25) is 0 Å². The van der Waals surface area contributed by atoms with Crippen molar-refractivity contribution in [2.45, 2.75) is 56.1 Å². The Hall–Kier alpha value is -1.16. The van der Waals surface area contributed by atoms with Crippen LogP contribution in [-0.2, 0) is 4.79 Å². The van der Waals surface area contributed by atoms with Crippen molar-refractivity contribution in [1.82, 2.24) is 5.32 Å². The molecule has 0 radical (unpaired) electrons. The van der Waals surface area contributed by atoms with Crippen molar-refractivity contribution >= 4 is 17.7 Å². The van der Waals surface area contributed by atoms with Crippen molar-refractivity contribution in [1.29, 1.82) is 0 Å². The fourth-order valence-corrected chi connectivity index (χ4v) is 5.85. The van der Waals surface area contributed by atoms with Gasteiger partial charge >= 0.3 is 0 Å². The second-order valence-corrected chi connectivity index (χ2v) is 8.58. The van der Waals surface area contributed by atoms with Gasteiger partial charge in [0.1, 0.15) is 5.75 Å². The standard InChI is InChI=1S/C20H27NO2S/c1-12(23-14-6-8-15(24-2)9-7-14)20(22)21-19-11-13-10-18(19)17-5-3-4-16(13)17/h6-9,12-13,16-19H,3-5,10-11H2,1-2H3,(H,21,22)/t12-,13-,16+,17-,18+,19-/m1/s1. The van der Waals surface area contributed by atoms with E-state index in [1.165, 1.54) is 37.0 Å². The van der Waals surface area contributed by atoms with Gasteiger partial charge < -0.3 is 10.1 Å². The van der Waals surface area contributed by atoms with E-state index >= 15 is 0 Å². The Balaban J connectivity index is 1.32. The summed E-state index contributed by atoms with van der Waals surface area (Å²) in [6, 6.07) is 8.32. The Morgan fingerprint density at radius 1 is 1.17 bits per heavy atom. The molecule has 1 aromatic rings. The molecule has 0 spiro atoms. The number of rotatable bonds is 5. The lowest BCUT2D eigenvalue weighted by Gasteiger charge is -2.32. The number of hydrogen-bond acceptors (Lipinski definition) is 3. The van der Waals surface area contributed by atoms with E-state index in [9.17, 15) is 4.79 Å².